The number of rotatable bonds is 10. The van der Waals surface area contributed by atoms with E-state index in [4.69, 9.17) is 15.2 Å². The van der Waals surface area contributed by atoms with E-state index in [-0.39, 0.29) is 10.5 Å². The fourth-order valence-corrected chi connectivity index (χ4v) is 4.39. The lowest BCUT2D eigenvalue weighted by Crippen LogP contribution is -2.60. The summed E-state index contributed by atoms with van der Waals surface area (Å²) in [5.41, 5.74) is 3.69. The molecule has 0 saturated heterocycles. The van der Waals surface area contributed by atoms with Crippen LogP contribution in [0.15, 0.2) is 71.1 Å². The quantitative estimate of drug-likeness (QED) is 0.168. The summed E-state index contributed by atoms with van der Waals surface area (Å²) >= 11 is 1.48. The van der Waals surface area contributed by atoms with Gasteiger partial charge in [0, 0.05) is 11.6 Å². The first kappa shape index (κ1) is 24.3. The largest absolute Gasteiger partial charge is 0.492 e. The molecule has 4 N–H and O–H groups in total. The number of benzene rings is 2. The summed E-state index contributed by atoms with van der Waals surface area (Å²) in [4.78, 5) is 28.7. The van der Waals surface area contributed by atoms with Crippen molar-refractivity contribution in [2.75, 3.05) is 18.5 Å². The third kappa shape index (κ3) is 6.83. The number of aromatic nitrogens is 1. The Balaban J connectivity index is 1.52. The molecule has 0 radical (unpaired) electrons. The number of thiazole rings is 1. The van der Waals surface area contributed by atoms with Crippen LogP contribution >= 0.6 is 11.3 Å². The standard InChI is InChI=1S/C21H22N4O6S2/c1-21(22,25-33(28,29)17-5-3-2-4-6-17)19(27)31-18(26)15-7-9-16(10-8-15)30-13-11-23-20-24-12-14-32-20/h2-10,12,14,25H,11,13,22H2,1H3,(H,23,24)/t21-/m0/s1. The Hall–Kier alpha value is -3.32. The van der Waals surface area contributed by atoms with E-state index >= 15 is 0 Å². The molecule has 0 aliphatic heterocycles. The fraction of sp³-hybridized carbons (Fsp3) is 0.190. The molecule has 0 aliphatic carbocycles. The zero-order valence-corrected chi connectivity index (χ0v) is 19.2. The molecule has 0 aliphatic rings. The van der Waals surface area contributed by atoms with Crippen molar-refractivity contribution in [3.63, 3.8) is 0 Å². The second-order valence-corrected chi connectivity index (χ2v) is 9.51. The molecule has 0 unspecified atom stereocenters. The molecule has 1 heterocycles. The van der Waals surface area contributed by atoms with Crippen LogP contribution in [0.5, 0.6) is 5.75 Å². The van der Waals surface area contributed by atoms with Gasteiger partial charge in [-0.3, -0.25) is 0 Å². The number of esters is 2. The van der Waals surface area contributed by atoms with Gasteiger partial charge in [-0.1, -0.05) is 18.2 Å². The van der Waals surface area contributed by atoms with E-state index in [1.165, 1.54) is 47.7 Å². The highest BCUT2D eigenvalue weighted by atomic mass is 32.2. The Labute approximate surface area is 194 Å². The zero-order valence-electron chi connectivity index (χ0n) is 17.6. The summed E-state index contributed by atoms with van der Waals surface area (Å²) in [6.07, 6.45) is 1.70. The van der Waals surface area contributed by atoms with Crippen LogP contribution in [0.25, 0.3) is 0 Å². The van der Waals surface area contributed by atoms with Crippen LogP contribution in [-0.2, 0) is 19.6 Å². The SMILES string of the molecule is C[C@](N)(NS(=O)(=O)c1ccccc1)C(=O)OC(=O)c1ccc(OCCNc2nccs2)cc1. The third-order valence-electron chi connectivity index (χ3n) is 4.18. The van der Waals surface area contributed by atoms with E-state index in [1.54, 1.807) is 24.4 Å². The van der Waals surface area contributed by atoms with Crippen molar-refractivity contribution in [2.24, 2.45) is 5.73 Å². The number of hydrogen-bond donors (Lipinski definition) is 3. The molecule has 1 atom stereocenters. The molecule has 1 aromatic heterocycles. The number of sulfonamides is 1. The molecule has 0 amide bonds. The summed E-state index contributed by atoms with van der Waals surface area (Å²) in [7, 11) is -4.11. The van der Waals surface area contributed by atoms with Crippen molar-refractivity contribution in [2.45, 2.75) is 17.5 Å². The van der Waals surface area contributed by atoms with Gasteiger partial charge in [-0.2, -0.15) is 4.72 Å². The molecule has 0 saturated carbocycles. The predicted molar refractivity (Wildman–Crippen MR) is 122 cm³/mol. The van der Waals surface area contributed by atoms with Crippen LogP contribution < -0.4 is 20.5 Å². The van der Waals surface area contributed by atoms with Gasteiger partial charge in [0.25, 0.3) is 0 Å². The van der Waals surface area contributed by atoms with Gasteiger partial charge < -0.3 is 20.5 Å². The Morgan fingerprint density at radius 3 is 2.45 bits per heavy atom. The zero-order chi connectivity index (χ0) is 23.9. The minimum Gasteiger partial charge on any atom is -0.492 e. The Kier molecular flexibility index (Phi) is 7.76. The van der Waals surface area contributed by atoms with Gasteiger partial charge in [0.15, 0.2) is 10.8 Å². The number of nitrogens with zero attached hydrogens (tertiary/aromatic N) is 1. The van der Waals surface area contributed by atoms with E-state index in [1.807, 2.05) is 10.1 Å². The number of nitrogens with two attached hydrogens (primary N) is 1. The van der Waals surface area contributed by atoms with Gasteiger partial charge in [-0.15, -0.1) is 11.3 Å². The molecule has 33 heavy (non-hydrogen) atoms. The van der Waals surface area contributed by atoms with Crippen molar-refractivity contribution in [1.29, 1.82) is 0 Å². The maximum absolute atomic E-state index is 12.4. The summed E-state index contributed by atoms with van der Waals surface area (Å²) in [5.74, 6) is -1.72. The molecule has 12 heteroatoms. The summed E-state index contributed by atoms with van der Waals surface area (Å²) < 4.78 is 37.2. The topological polar surface area (TPSA) is 150 Å². The first-order valence-corrected chi connectivity index (χ1v) is 12.0. The Bertz CT molecular complexity index is 1180. The smallest absolute Gasteiger partial charge is 0.349 e. The first-order chi connectivity index (χ1) is 15.7. The van der Waals surface area contributed by atoms with Gasteiger partial charge in [0.2, 0.25) is 10.0 Å². The van der Waals surface area contributed by atoms with Gasteiger partial charge in [0.05, 0.1) is 17.0 Å². The lowest BCUT2D eigenvalue weighted by atomic mass is 10.2. The molecular formula is C21H22N4O6S2. The fourth-order valence-electron chi connectivity index (χ4n) is 2.55. The molecule has 174 valence electrons. The molecular weight excluding hydrogens is 468 g/mol. The summed E-state index contributed by atoms with van der Waals surface area (Å²) in [6.45, 7) is 2.01. The predicted octanol–water partition coefficient (Wildman–Crippen LogP) is 1.97. The third-order valence-corrected chi connectivity index (χ3v) is 6.50. The lowest BCUT2D eigenvalue weighted by molar-refractivity contribution is -0.144. The Morgan fingerprint density at radius 2 is 1.82 bits per heavy atom. The van der Waals surface area contributed by atoms with Crippen molar-refractivity contribution in [1.82, 2.24) is 9.71 Å². The average molecular weight is 491 g/mol. The minimum absolute atomic E-state index is 0.0679. The van der Waals surface area contributed by atoms with Crippen LogP contribution in [0.1, 0.15) is 17.3 Å². The van der Waals surface area contributed by atoms with E-state index < -0.39 is 27.6 Å². The van der Waals surface area contributed by atoms with Crippen LogP contribution in [0.2, 0.25) is 0 Å². The Morgan fingerprint density at radius 1 is 1.12 bits per heavy atom. The minimum atomic E-state index is -4.11. The first-order valence-electron chi connectivity index (χ1n) is 9.68. The maximum atomic E-state index is 12.4. The van der Waals surface area contributed by atoms with E-state index in [0.29, 0.717) is 18.9 Å². The molecule has 3 rings (SSSR count). The van der Waals surface area contributed by atoms with Gasteiger partial charge >= 0.3 is 11.9 Å². The molecule has 3 aromatic rings. The number of carbonyl (C=O) groups is 2. The van der Waals surface area contributed by atoms with Crippen LogP contribution in [0.4, 0.5) is 5.13 Å². The van der Waals surface area contributed by atoms with E-state index in [0.717, 1.165) is 12.1 Å². The normalized spacial score (nSPS) is 13.0. The number of ether oxygens (including phenoxy) is 2. The molecule has 0 spiro atoms. The van der Waals surface area contributed by atoms with Crippen molar-refractivity contribution in [3.8, 4) is 5.75 Å². The molecule has 0 bridgehead atoms. The van der Waals surface area contributed by atoms with Crippen LogP contribution in [-0.4, -0.2) is 44.2 Å². The van der Waals surface area contributed by atoms with Gasteiger partial charge in [-0.05, 0) is 43.3 Å². The highest BCUT2D eigenvalue weighted by Crippen LogP contribution is 2.15. The maximum Gasteiger partial charge on any atom is 0.349 e. The molecule has 0 fully saturated rings. The van der Waals surface area contributed by atoms with Crippen LogP contribution in [0, 0.1) is 0 Å². The highest BCUT2D eigenvalue weighted by Gasteiger charge is 2.37. The second-order valence-electron chi connectivity index (χ2n) is 6.93. The number of carbonyl (C=O) groups excluding carboxylic acids is 2. The number of anilines is 1. The second kappa shape index (κ2) is 10.5. The molecule has 2 aromatic carbocycles. The van der Waals surface area contributed by atoms with Crippen LogP contribution in [0.3, 0.4) is 0 Å². The van der Waals surface area contributed by atoms with Crippen molar-refractivity contribution < 1.29 is 27.5 Å². The van der Waals surface area contributed by atoms with Crippen molar-refractivity contribution in [3.05, 3.63) is 71.7 Å². The summed E-state index contributed by atoms with van der Waals surface area (Å²) in [5, 5.41) is 5.75. The number of nitrogens with one attached hydrogen (secondary N) is 2. The lowest BCUT2D eigenvalue weighted by Gasteiger charge is -2.23. The highest BCUT2D eigenvalue weighted by molar-refractivity contribution is 7.89. The van der Waals surface area contributed by atoms with Crippen molar-refractivity contribution >= 4 is 38.4 Å². The average Bonchev–Trinajstić information content (AvgIpc) is 3.30. The number of hydrogen-bond acceptors (Lipinski definition) is 10. The van der Waals surface area contributed by atoms with Gasteiger partial charge in [-0.25, -0.2) is 23.0 Å². The molecule has 10 nitrogen and oxygen atoms in total. The van der Waals surface area contributed by atoms with Gasteiger partial charge in [0.1, 0.15) is 12.4 Å². The monoisotopic (exact) mass is 490 g/mol. The van der Waals surface area contributed by atoms with E-state index in [2.05, 4.69) is 10.3 Å². The summed E-state index contributed by atoms with van der Waals surface area (Å²) in [6, 6.07) is 13.3. The van der Waals surface area contributed by atoms with E-state index in [9.17, 15) is 18.0 Å².